The first-order chi connectivity index (χ1) is 6.83. The number of benzene rings is 1. The average Bonchev–Trinajstić information content (AvgIpc) is 3.00. The minimum atomic E-state index is 0.818. The van der Waals surface area contributed by atoms with Gasteiger partial charge in [0.15, 0.2) is 0 Å². The molecule has 1 nitrogen and oxygen atoms in total. The summed E-state index contributed by atoms with van der Waals surface area (Å²) in [6.07, 6.45) is 4.55. The third-order valence-corrected chi connectivity index (χ3v) is 3.15. The summed E-state index contributed by atoms with van der Waals surface area (Å²) in [4.78, 5) is 4.35. The number of halogens is 1. The van der Waals surface area contributed by atoms with Crippen LogP contribution in [-0.4, -0.2) is 4.98 Å². The Kier molecular flexibility index (Phi) is 1.84. The smallest absolute Gasteiger partial charge is 0.0703 e. The van der Waals surface area contributed by atoms with Crippen LogP contribution in [0.3, 0.4) is 0 Å². The molecule has 0 amide bonds. The Hall–Kier alpha value is -0.890. The van der Waals surface area contributed by atoms with Gasteiger partial charge in [0.05, 0.1) is 5.52 Å². The van der Waals surface area contributed by atoms with Crippen LogP contribution in [0.25, 0.3) is 10.9 Å². The molecule has 2 aromatic rings. The third kappa shape index (κ3) is 1.44. The minimum Gasteiger partial charge on any atom is -0.255 e. The van der Waals surface area contributed by atoms with Crippen molar-refractivity contribution in [1.82, 2.24) is 4.98 Å². The van der Waals surface area contributed by atoms with Gasteiger partial charge in [-0.3, -0.25) is 4.98 Å². The van der Waals surface area contributed by atoms with E-state index in [9.17, 15) is 0 Å². The number of aromatic nitrogens is 1. The summed E-state index contributed by atoms with van der Waals surface area (Å²) in [5.74, 6) is 0.818. The van der Waals surface area contributed by atoms with Gasteiger partial charge in [-0.05, 0) is 58.5 Å². The summed E-state index contributed by atoms with van der Waals surface area (Å²) in [6, 6.07) is 8.73. The second-order valence-electron chi connectivity index (χ2n) is 3.88. The molecule has 14 heavy (non-hydrogen) atoms. The van der Waals surface area contributed by atoms with Crippen molar-refractivity contribution in [3.8, 4) is 0 Å². The molecular formula is C12H10BrN. The molecule has 0 N–H and O–H groups in total. The molecule has 2 heteroatoms. The zero-order valence-corrected chi connectivity index (χ0v) is 9.29. The molecule has 1 aliphatic rings. The van der Waals surface area contributed by atoms with Gasteiger partial charge < -0.3 is 0 Å². The van der Waals surface area contributed by atoms with E-state index in [0.717, 1.165) is 15.9 Å². The summed E-state index contributed by atoms with van der Waals surface area (Å²) >= 11 is 3.45. The Morgan fingerprint density at radius 1 is 1.21 bits per heavy atom. The molecule has 3 rings (SSSR count). The molecule has 1 aromatic heterocycles. The zero-order chi connectivity index (χ0) is 9.54. The molecule has 1 aliphatic carbocycles. The summed E-state index contributed by atoms with van der Waals surface area (Å²) < 4.78 is 1.05. The second-order valence-corrected chi connectivity index (χ2v) is 4.80. The topological polar surface area (TPSA) is 12.9 Å². The molecule has 0 aliphatic heterocycles. The Morgan fingerprint density at radius 3 is 2.86 bits per heavy atom. The maximum atomic E-state index is 4.35. The molecular weight excluding hydrogens is 238 g/mol. The zero-order valence-electron chi connectivity index (χ0n) is 7.70. The van der Waals surface area contributed by atoms with Crippen LogP contribution in [-0.2, 0) is 0 Å². The van der Waals surface area contributed by atoms with Gasteiger partial charge in [0.25, 0.3) is 0 Å². The van der Waals surface area contributed by atoms with Crippen LogP contribution in [0.2, 0.25) is 0 Å². The van der Waals surface area contributed by atoms with Crippen LogP contribution in [0, 0.1) is 0 Å². The number of hydrogen-bond acceptors (Lipinski definition) is 1. The van der Waals surface area contributed by atoms with E-state index in [0.29, 0.717) is 0 Å². The van der Waals surface area contributed by atoms with Gasteiger partial charge in [-0.1, -0.05) is 6.07 Å². The molecule has 1 fully saturated rings. The van der Waals surface area contributed by atoms with E-state index >= 15 is 0 Å². The highest BCUT2D eigenvalue weighted by atomic mass is 79.9. The van der Waals surface area contributed by atoms with Gasteiger partial charge in [0, 0.05) is 16.1 Å². The van der Waals surface area contributed by atoms with E-state index in [4.69, 9.17) is 0 Å². The van der Waals surface area contributed by atoms with Gasteiger partial charge in [-0.2, -0.15) is 0 Å². The monoisotopic (exact) mass is 247 g/mol. The van der Waals surface area contributed by atoms with E-state index in [2.05, 4.69) is 45.2 Å². The fourth-order valence-electron chi connectivity index (χ4n) is 1.79. The molecule has 0 atom stereocenters. The molecule has 0 spiro atoms. The summed E-state index contributed by atoms with van der Waals surface area (Å²) in [5, 5.41) is 1.24. The third-order valence-electron chi connectivity index (χ3n) is 2.72. The fourth-order valence-corrected chi connectivity index (χ4v) is 2.14. The SMILES string of the molecule is Brc1cnc2ccc(C3CC3)cc2c1. The van der Waals surface area contributed by atoms with Crippen molar-refractivity contribution in [2.45, 2.75) is 18.8 Å². The lowest BCUT2D eigenvalue weighted by atomic mass is 10.1. The van der Waals surface area contributed by atoms with Gasteiger partial charge in [-0.25, -0.2) is 0 Å². The molecule has 0 saturated heterocycles. The first-order valence-electron chi connectivity index (χ1n) is 4.88. The van der Waals surface area contributed by atoms with Crippen LogP contribution in [0.1, 0.15) is 24.3 Å². The van der Waals surface area contributed by atoms with Gasteiger partial charge >= 0.3 is 0 Å². The van der Waals surface area contributed by atoms with Crippen molar-refractivity contribution in [3.05, 3.63) is 40.5 Å². The molecule has 1 heterocycles. The predicted molar refractivity (Wildman–Crippen MR) is 61.4 cm³/mol. The molecule has 0 unspecified atom stereocenters. The van der Waals surface area contributed by atoms with E-state index in [1.165, 1.54) is 23.8 Å². The van der Waals surface area contributed by atoms with E-state index < -0.39 is 0 Å². The van der Waals surface area contributed by atoms with E-state index in [1.807, 2.05) is 6.20 Å². The van der Waals surface area contributed by atoms with E-state index in [1.54, 1.807) is 0 Å². The summed E-state index contributed by atoms with van der Waals surface area (Å²) in [5.41, 5.74) is 2.55. The highest BCUT2D eigenvalue weighted by molar-refractivity contribution is 9.10. The van der Waals surface area contributed by atoms with Crippen LogP contribution in [0.15, 0.2) is 34.9 Å². The Morgan fingerprint density at radius 2 is 2.07 bits per heavy atom. The maximum Gasteiger partial charge on any atom is 0.0703 e. The summed E-state index contributed by atoms with van der Waals surface area (Å²) in [6.45, 7) is 0. The lowest BCUT2D eigenvalue weighted by Crippen LogP contribution is -1.82. The molecule has 1 saturated carbocycles. The number of rotatable bonds is 1. The highest BCUT2D eigenvalue weighted by Gasteiger charge is 2.23. The van der Waals surface area contributed by atoms with Gasteiger partial charge in [-0.15, -0.1) is 0 Å². The van der Waals surface area contributed by atoms with Crippen molar-refractivity contribution >= 4 is 26.8 Å². The largest absolute Gasteiger partial charge is 0.255 e. The number of fused-ring (bicyclic) bond motifs is 1. The van der Waals surface area contributed by atoms with E-state index in [-0.39, 0.29) is 0 Å². The first-order valence-corrected chi connectivity index (χ1v) is 5.67. The molecule has 0 bridgehead atoms. The Balaban J connectivity index is 2.20. The number of hydrogen-bond donors (Lipinski definition) is 0. The average molecular weight is 248 g/mol. The molecule has 1 aromatic carbocycles. The van der Waals surface area contributed by atoms with Crippen LogP contribution >= 0.6 is 15.9 Å². The minimum absolute atomic E-state index is 0.818. The van der Waals surface area contributed by atoms with Crippen LogP contribution in [0.4, 0.5) is 0 Å². The fraction of sp³-hybridized carbons (Fsp3) is 0.250. The lowest BCUT2D eigenvalue weighted by molar-refractivity contribution is 1.13. The lowest BCUT2D eigenvalue weighted by Gasteiger charge is -2.01. The highest BCUT2D eigenvalue weighted by Crippen LogP contribution is 2.40. The first kappa shape index (κ1) is 8.42. The molecule has 0 radical (unpaired) electrons. The molecule has 70 valence electrons. The van der Waals surface area contributed by atoms with Gasteiger partial charge in [0.1, 0.15) is 0 Å². The van der Waals surface area contributed by atoms with Crippen LogP contribution < -0.4 is 0 Å². The van der Waals surface area contributed by atoms with Crippen LogP contribution in [0.5, 0.6) is 0 Å². The predicted octanol–water partition coefficient (Wildman–Crippen LogP) is 3.87. The number of nitrogens with zero attached hydrogens (tertiary/aromatic N) is 1. The van der Waals surface area contributed by atoms with Crippen molar-refractivity contribution in [3.63, 3.8) is 0 Å². The van der Waals surface area contributed by atoms with Crippen molar-refractivity contribution in [1.29, 1.82) is 0 Å². The maximum absolute atomic E-state index is 4.35. The standard InChI is InChI=1S/C12H10BrN/c13-11-6-10-5-9(8-1-2-8)3-4-12(10)14-7-11/h3-8H,1-2H2. The van der Waals surface area contributed by atoms with Gasteiger partial charge in [0.2, 0.25) is 0 Å². The summed E-state index contributed by atoms with van der Waals surface area (Å²) in [7, 11) is 0. The normalized spacial score (nSPS) is 16.1. The second kappa shape index (κ2) is 3.06. The number of pyridine rings is 1. The Labute approximate surface area is 91.3 Å². The Bertz CT molecular complexity index is 489. The van der Waals surface area contributed by atoms with Crippen molar-refractivity contribution in [2.75, 3.05) is 0 Å². The quantitative estimate of drug-likeness (QED) is 0.746. The van der Waals surface area contributed by atoms with Crippen molar-refractivity contribution < 1.29 is 0 Å². The van der Waals surface area contributed by atoms with Crippen molar-refractivity contribution in [2.24, 2.45) is 0 Å².